The van der Waals surface area contributed by atoms with Gasteiger partial charge in [0.1, 0.15) is 0 Å². The zero-order valence-corrected chi connectivity index (χ0v) is 10.4. The van der Waals surface area contributed by atoms with Gasteiger partial charge in [0.15, 0.2) is 0 Å². The Kier molecular flexibility index (Phi) is 6.65. The molecular formula is C12H23N3O. The van der Waals surface area contributed by atoms with Gasteiger partial charge in [-0.2, -0.15) is 0 Å². The normalized spacial score (nSPS) is 10.6. The topological polar surface area (TPSA) is 39.1 Å². The van der Waals surface area contributed by atoms with Gasteiger partial charge in [0.05, 0.1) is 0 Å². The minimum atomic E-state index is 0.797. The van der Waals surface area contributed by atoms with E-state index in [0.29, 0.717) is 0 Å². The van der Waals surface area contributed by atoms with E-state index in [1.165, 1.54) is 12.8 Å². The van der Waals surface area contributed by atoms with Crippen molar-refractivity contribution in [1.29, 1.82) is 0 Å². The Morgan fingerprint density at radius 3 is 3.00 bits per heavy atom. The molecule has 1 N–H and O–H groups in total. The van der Waals surface area contributed by atoms with Crippen LogP contribution in [-0.4, -0.2) is 29.3 Å². The van der Waals surface area contributed by atoms with Crippen LogP contribution in [0.2, 0.25) is 0 Å². The molecule has 0 bridgehead atoms. The minimum absolute atomic E-state index is 0.797. The van der Waals surface area contributed by atoms with Crippen LogP contribution in [0.5, 0.6) is 0 Å². The fraction of sp³-hybridized carbons (Fsp3) is 0.750. The van der Waals surface area contributed by atoms with Crippen LogP contribution in [0.1, 0.15) is 33.1 Å². The van der Waals surface area contributed by atoms with Crippen LogP contribution >= 0.6 is 0 Å². The molecule has 0 unspecified atom stereocenters. The van der Waals surface area contributed by atoms with E-state index in [0.717, 1.165) is 38.7 Å². The molecule has 0 aromatic carbocycles. The van der Waals surface area contributed by atoms with E-state index in [4.69, 9.17) is 4.74 Å². The fourth-order valence-electron chi connectivity index (χ4n) is 1.50. The second-order valence-electron chi connectivity index (χ2n) is 3.78. The second kappa shape index (κ2) is 8.16. The molecule has 1 rings (SSSR count). The van der Waals surface area contributed by atoms with E-state index in [1.807, 2.05) is 19.3 Å². The number of aromatic nitrogens is 2. The number of unbranched alkanes of at least 4 members (excludes halogenated alkanes) is 1. The number of nitrogens with zero attached hydrogens (tertiary/aromatic N) is 2. The predicted molar refractivity (Wildman–Crippen MR) is 66.7 cm³/mol. The van der Waals surface area contributed by atoms with Crippen molar-refractivity contribution in [2.75, 3.05) is 25.1 Å². The molecular weight excluding hydrogens is 202 g/mol. The Morgan fingerprint density at radius 1 is 1.38 bits per heavy atom. The summed E-state index contributed by atoms with van der Waals surface area (Å²) in [5, 5.41) is 3.33. The molecule has 0 aliphatic rings. The van der Waals surface area contributed by atoms with E-state index < -0.39 is 0 Å². The lowest BCUT2D eigenvalue weighted by Gasteiger charge is -2.09. The van der Waals surface area contributed by atoms with E-state index in [2.05, 4.69) is 21.8 Å². The van der Waals surface area contributed by atoms with Crippen molar-refractivity contribution in [3.05, 3.63) is 12.4 Å². The van der Waals surface area contributed by atoms with Gasteiger partial charge in [-0.05, 0) is 19.8 Å². The average molecular weight is 225 g/mol. The van der Waals surface area contributed by atoms with Crippen molar-refractivity contribution in [2.24, 2.45) is 0 Å². The number of anilines is 1. The maximum absolute atomic E-state index is 5.28. The van der Waals surface area contributed by atoms with Crippen LogP contribution < -0.4 is 5.32 Å². The molecule has 0 saturated carbocycles. The Hall–Kier alpha value is -1.03. The highest BCUT2D eigenvalue weighted by molar-refractivity contribution is 5.25. The lowest BCUT2D eigenvalue weighted by molar-refractivity contribution is 0.147. The summed E-state index contributed by atoms with van der Waals surface area (Å²) in [5.74, 6) is 0.977. The Bertz CT molecular complexity index is 273. The van der Waals surface area contributed by atoms with Gasteiger partial charge in [-0.25, -0.2) is 4.98 Å². The van der Waals surface area contributed by atoms with Crippen molar-refractivity contribution >= 4 is 5.95 Å². The maximum Gasteiger partial charge on any atom is 0.202 e. The van der Waals surface area contributed by atoms with Crippen LogP contribution in [0, 0.1) is 0 Å². The Morgan fingerprint density at radius 2 is 2.25 bits per heavy atom. The smallest absolute Gasteiger partial charge is 0.202 e. The lowest BCUT2D eigenvalue weighted by Crippen LogP contribution is -2.10. The van der Waals surface area contributed by atoms with Gasteiger partial charge in [0, 0.05) is 38.7 Å². The first-order chi connectivity index (χ1) is 7.88. The molecule has 1 aromatic rings. The van der Waals surface area contributed by atoms with Crippen LogP contribution in [0.25, 0.3) is 0 Å². The van der Waals surface area contributed by atoms with E-state index in [9.17, 15) is 0 Å². The molecule has 0 fully saturated rings. The molecule has 0 saturated heterocycles. The molecule has 4 nitrogen and oxygen atoms in total. The fourth-order valence-corrected chi connectivity index (χ4v) is 1.50. The number of nitrogens with one attached hydrogen (secondary N) is 1. The van der Waals surface area contributed by atoms with Gasteiger partial charge >= 0.3 is 0 Å². The summed E-state index contributed by atoms with van der Waals surface area (Å²) in [5.41, 5.74) is 0. The molecule has 16 heavy (non-hydrogen) atoms. The van der Waals surface area contributed by atoms with Crippen molar-refractivity contribution in [3.63, 3.8) is 0 Å². The SMILES string of the molecule is CCCCn1ccnc1NCCCOCC. The van der Waals surface area contributed by atoms with Crippen LogP contribution in [0.4, 0.5) is 5.95 Å². The van der Waals surface area contributed by atoms with Gasteiger partial charge in [0.2, 0.25) is 5.95 Å². The molecule has 1 aromatic heterocycles. The summed E-state index contributed by atoms with van der Waals surface area (Å²) < 4.78 is 7.45. The number of rotatable bonds is 9. The Labute approximate surface area is 98.0 Å². The molecule has 1 heterocycles. The van der Waals surface area contributed by atoms with Crippen molar-refractivity contribution < 1.29 is 4.74 Å². The van der Waals surface area contributed by atoms with Crippen molar-refractivity contribution in [2.45, 2.75) is 39.7 Å². The highest BCUT2D eigenvalue weighted by Crippen LogP contribution is 2.06. The largest absolute Gasteiger partial charge is 0.382 e. The van der Waals surface area contributed by atoms with Gasteiger partial charge in [0.25, 0.3) is 0 Å². The molecule has 4 heteroatoms. The van der Waals surface area contributed by atoms with Crippen LogP contribution in [0.3, 0.4) is 0 Å². The lowest BCUT2D eigenvalue weighted by atomic mass is 10.3. The summed E-state index contributed by atoms with van der Waals surface area (Å²) in [7, 11) is 0. The quantitative estimate of drug-likeness (QED) is 0.656. The Balaban J connectivity index is 2.22. The molecule has 92 valence electrons. The number of hydrogen-bond donors (Lipinski definition) is 1. The van der Waals surface area contributed by atoms with Gasteiger partial charge in [-0.15, -0.1) is 0 Å². The highest BCUT2D eigenvalue weighted by Gasteiger charge is 2.00. The zero-order valence-electron chi connectivity index (χ0n) is 10.4. The monoisotopic (exact) mass is 225 g/mol. The molecule has 0 atom stereocenters. The first kappa shape index (κ1) is 13.0. The first-order valence-corrected chi connectivity index (χ1v) is 6.21. The number of aryl methyl sites for hydroxylation is 1. The maximum atomic E-state index is 5.28. The summed E-state index contributed by atoms with van der Waals surface area (Å²) in [4.78, 5) is 4.30. The van der Waals surface area contributed by atoms with Gasteiger partial charge in [-0.1, -0.05) is 13.3 Å². The number of ether oxygens (including phenoxy) is 1. The predicted octanol–water partition coefficient (Wildman–Crippen LogP) is 2.52. The standard InChI is InChI=1S/C12H23N3O/c1-3-5-9-15-10-8-14-12(15)13-7-6-11-16-4-2/h8,10H,3-7,9,11H2,1-2H3,(H,13,14). The van der Waals surface area contributed by atoms with Crippen LogP contribution in [-0.2, 0) is 11.3 Å². The second-order valence-corrected chi connectivity index (χ2v) is 3.78. The third-order valence-electron chi connectivity index (χ3n) is 2.42. The third-order valence-corrected chi connectivity index (χ3v) is 2.42. The number of hydrogen-bond acceptors (Lipinski definition) is 3. The van der Waals surface area contributed by atoms with E-state index >= 15 is 0 Å². The van der Waals surface area contributed by atoms with E-state index in [1.54, 1.807) is 0 Å². The van der Waals surface area contributed by atoms with Crippen LogP contribution in [0.15, 0.2) is 12.4 Å². The molecule has 0 spiro atoms. The van der Waals surface area contributed by atoms with Crippen molar-refractivity contribution in [1.82, 2.24) is 9.55 Å². The molecule has 0 amide bonds. The summed E-state index contributed by atoms with van der Waals surface area (Å²) in [6.45, 7) is 7.80. The average Bonchev–Trinajstić information content (AvgIpc) is 2.74. The first-order valence-electron chi connectivity index (χ1n) is 6.21. The van der Waals surface area contributed by atoms with Gasteiger partial charge in [-0.3, -0.25) is 0 Å². The number of imidazole rings is 1. The summed E-state index contributed by atoms with van der Waals surface area (Å²) >= 11 is 0. The molecule has 0 radical (unpaired) electrons. The van der Waals surface area contributed by atoms with Crippen molar-refractivity contribution in [3.8, 4) is 0 Å². The zero-order chi connectivity index (χ0) is 11.6. The molecule has 0 aliphatic heterocycles. The minimum Gasteiger partial charge on any atom is -0.382 e. The molecule has 0 aliphatic carbocycles. The van der Waals surface area contributed by atoms with Gasteiger partial charge < -0.3 is 14.6 Å². The van der Waals surface area contributed by atoms with E-state index in [-0.39, 0.29) is 0 Å². The third kappa shape index (κ3) is 4.66. The summed E-state index contributed by atoms with van der Waals surface area (Å²) in [6, 6.07) is 0. The highest BCUT2D eigenvalue weighted by atomic mass is 16.5. The summed E-state index contributed by atoms with van der Waals surface area (Å²) in [6.07, 6.45) is 7.31.